The minimum absolute atomic E-state index is 0.0636. The second-order valence-corrected chi connectivity index (χ2v) is 7.03. The maximum Gasteiger partial charge on any atom is 0.223 e. The molecule has 7 heteroatoms. The SMILES string of the molecule is COc1cccc(CCC(=O)N2C[C@@H]3OCC(n4cccn4)CO[C@H]3C2)c1. The van der Waals surface area contributed by atoms with Crippen LogP contribution in [-0.4, -0.2) is 66.2 Å². The van der Waals surface area contributed by atoms with Gasteiger partial charge >= 0.3 is 0 Å². The third-order valence-electron chi connectivity index (χ3n) is 5.23. The lowest BCUT2D eigenvalue weighted by atomic mass is 10.1. The van der Waals surface area contributed by atoms with E-state index in [0.717, 1.165) is 11.3 Å². The number of hydrogen-bond acceptors (Lipinski definition) is 5. The number of rotatable bonds is 5. The van der Waals surface area contributed by atoms with Crippen LogP contribution in [0.15, 0.2) is 42.7 Å². The monoisotopic (exact) mass is 371 g/mol. The predicted molar refractivity (Wildman–Crippen MR) is 98.6 cm³/mol. The first kappa shape index (κ1) is 18.0. The lowest BCUT2D eigenvalue weighted by Gasteiger charge is -2.19. The summed E-state index contributed by atoms with van der Waals surface area (Å²) in [5.41, 5.74) is 1.10. The van der Waals surface area contributed by atoms with Gasteiger partial charge in [0.1, 0.15) is 18.0 Å². The number of likely N-dealkylation sites (tertiary alicyclic amines) is 1. The number of benzene rings is 1. The summed E-state index contributed by atoms with van der Waals surface area (Å²) in [5, 5.41) is 4.27. The fraction of sp³-hybridized carbons (Fsp3) is 0.500. The average Bonchev–Trinajstić information content (AvgIpc) is 3.33. The standard InChI is InChI=1S/C20H25N3O4/c1-25-17-5-2-4-15(10-17)6-7-20(24)22-11-18-19(12-22)27-14-16(13-26-18)23-9-3-8-21-23/h2-5,8-10,16,18-19H,6-7,11-14H2,1H3/t18-,19-/m0/s1. The molecule has 2 atom stereocenters. The summed E-state index contributed by atoms with van der Waals surface area (Å²) in [4.78, 5) is 14.5. The van der Waals surface area contributed by atoms with Gasteiger partial charge in [-0.3, -0.25) is 9.48 Å². The number of aromatic nitrogens is 2. The molecule has 144 valence electrons. The smallest absolute Gasteiger partial charge is 0.223 e. The van der Waals surface area contributed by atoms with Crippen LogP contribution in [0.3, 0.4) is 0 Å². The molecule has 2 aliphatic rings. The minimum Gasteiger partial charge on any atom is -0.497 e. The van der Waals surface area contributed by atoms with E-state index in [0.29, 0.717) is 39.1 Å². The molecule has 1 aromatic carbocycles. The lowest BCUT2D eigenvalue weighted by molar-refractivity contribution is -0.131. The minimum atomic E-state index is -0.0636. The highest BCUT2D eigenvalue weighted by molar-refractivity contribution is 5.77. The van der Waals surface area contributed by atoms with Crippen molar-refractivity contribution in [3.05, 3.63) is 48.3 Å². The highest BCUT2D eigenvalue weighted by atomic mass is 16.6. The van der Waals surface area contributed by atoms with Crippen molar-refractivity contribution < 1.29 is 19.0 Å². The molecule has 2 aromatic rings. The van der Waals surface area contributed by atoms with Gasteiger partial charge in [-0.1, -0.05) is 12.1 Å². The van der Waals surface area contributed by atoms with Gasteiger partial charge < -0.3 is 19.1 Å². The Morgan fingerprint density at radius 2 is 2.00 bits per heavy atom. The zero-order valence-corrected chi connectivity index (χ0v) is 15.5. The molecular weight excluding hydrogens is 346 g/mol. The number of nitrogens with zero attached hydrogens (tertiary/aromatic N) is 3. The molecule has 0 N–H and O–H groups in total. The van der Waals surface area contributed by atoms with Crippen LogP contribution in [0.1, 0.15) is 18.0 Å². The maximum atomic E-state index is 12.6. The van der Waals surface area contributed by atoms with Gasteiger partial charge in [-0.2, -0.15) is 5.10 Å². The van der Waals surface area contributed by atoms with Gasteiger partial charge in [0, 0.05) is 31.9 Å². The van der Waals surface area contributed by atoms with E-state index in [1.54, 1.807) is 13.3 Å². The van der Waals surface area contributed by atoms with Crippen LogP contribution in [0.2, 0.25) is 0 Å². The number of hydrogen-bond donors (Lipinski definition) is 0. The predicted octanol–water partition coefficient (Wildman–Crippen LogP) is 1.69. The number of carbonyl (C=O) groups is 1. The zero-order chi connectivity index (χ0) is 18.6. The maximum absolute atomic E-state index is 12.6. The number of aryl methyl sites for hydroxylation is 1. The van der Waals surface area contributed by atoms with Gasteiger partial charge in [0.05, 0.1) is 26.4 Å². The fourth-order valence-corrected chi connectivity index (χ4v) is 3.67. The Labute approximate surface area is 158 Å². The summed E-state index contributed by atoms with van der Waals surface area (Å²) in [5.74, 6) is 0.957. The molecule has 4 rings (SSSR count). The summed E-state index contributed by atoms with van der Waals surface area (Å²) in [6.07, 6.45) is 4.73. The lowest BCUT2D eigenvalue weighted by Crippen LogP contribution is -2.31. The third kappa shape index (κ3) is 4.14. The van der Waals surface area contributed by atoms with Crippen molar-refractivity contribution >= 4 is 5.91 Å². The Balaban J connectivity index is 1.29. The molecule has 0 unspecified atom stereocenters. The van der Waals surface area contributed by atoms with Gasteiger partial charge in [-0.05, 0) is 30.2 Å². The van der Waals surface area contributed by atoms with E-state index >= 15 is 0 Å². The third-order valence-corrected chi connectivity index (χ3v) is 5.23. The zero-order valence-electron chi connectivity index (χ0n) is 15.5. The largest absolute Gasteiger partial charge is 0.497 e. The van der Waals surface area contributed by atoms with Gasteiger partial charge in [0.2, 0.25) is 5.91 Å². The van der Waals surface area contributed by atoms with Crippen molar-refractivity contribution in [1.82, 2.24) is 14.7 Å². The second-order valence-electron chi connectivity index (χ2n) is 7.03. The first-order valence-electron chi connectivity index (χ1n) is 9.36. The van der Waals surface area contributed by atoms with Crippen molar-refractivity contribution in [3.8, 4) is 5.75 Å². The van der Waals surface area contributed by atoms with E-state index < -0.39 is 0 Å². The number of amides is 1. The van der Waals surface area contributed by atoms with E-state index in [1.165, 1.54) is 0 Å². The molecule has 2 saturated heterocycles. The van der Waals surface area contributed by atoms with Gasteiger partial charge in [-0.15, -0.1) is 0 Å². The molecule has 27 heavy (non-hydrogen) atoms. The Kier molecular flexibility index (Phi) is 5.40. The molecule has 0 spiro atoms. The van der Waals surface area contributed by atoms with Crippen LogP contribution in [0.4, 0.5) is 0 Å². The van der Waals surface area contributed by atoms with Crippen molar-refractivity contribution in [3.63, 3.8) is 0 Å². The Hall–Kier alpha value is -2.38. The first-order valence-corrected chi connectivity index (χ1v) is 9.36. The molecule has 1 amide bonds. The van der Waals surface area contributed by atoms with Gasteiger partial charge in [-0.25, -0.2) is 0 Å². The molecule has 0 aliphatic carbocycles. The van der Waals surface area contributed by atoms with Gasteiger partial charge in [0.15, 0.2) is 0 Å². The van der Waals surface area contributed by atoms with Crippen LogP contribution in [0.25, 0.3) is 0 Å². The van der Waals surface area contributed by atoms with E-state index in [-0.39, 0.29) is 24.2 Å². The van der Waals surface area contributed by atoms with E-state index in [2.05, 4.69) is 5.10 Å². The molecule has 1 aromatic heterocycles. The van der Waals surface area contributed by atoms with Crippen LogP contribution < -0.4 is 4.74 Å². The molecular formula is C20H25N3O4. The summed E-state index contributed by atoms with van der Waals surface area (Å²) in [6.45, 7) is 2.28. The highest BCUT2D eigenvalue weighted by Crippen LogP contribution is 2.24. The van der Waals surface area contributed by atoms with Gasteiger partial charge in [0.25, 0.3) is 0 Å². The number of fused-ring (bicyclic) bond motifs is 1. The molecule has 0 saturated carbocycles. The Morgan fingerprint density at radius 1 is 1.22 bits per heavy atom. The number of ether oxygens (including phenoxy) is 3. The second kappa shape index (κ2) is 8.10. The molecule has 0 radical (unpaired) electrons. The number of carbonyl (C=O) groups excluding carboxylic acids is 1. The van der Waals surface area contributed by atoms with Crippen molar-refractivity contribution in [1.29, 1.82) is 0 Å². The quantitative estimate of drug-likeness (QED) is 0.800. The molecule has 7 nitrogen and oxygen atoms in total. The van der Waals surface area contributed by atoms with E-state index in [4.69, 9.17) is 14.2 Å². The summed E-state index contributed by atoms with van der Waals surface area (Å²) < 4.78 is 19.2. The van der Waals surface area contributed by atoms with E-state index in [9.17, 15) is 4.79 Å². The highest BCUT2D eigenvalue weighted by Gasteiger charge is 2.39. The Morgan fingerprint density at radius 3 is 2.67 bits per heavy atom. The average molecular weight is 371 g/mol. The topological polar surface area (TPSA) is 65.8 Å². The van der Waals surface area contributed by atoms with Crippen LogP contribution >= 0.6 is 0 Å². The van der Waals surface area contributed by atoms with Crippen molar-refractivity contribution in [2.24, 2.45) is 0 Å². The summed E-state index contributed by atoms with van der Waals surface area (Å²) in [6, 6.07) is 9.83. The van der Waals surface area contributed by atoms with Crippen molar-refractivity contribution in [2.45, 2.75) is 31.1 Å². The van der Waals surface area contributed by atoms with Crippen LogP contribution in [0.5, 0.6) is 5.75 Å². The van der Waals surface area contributed by atoms with Crippen LogP contribution in [0, 0.1) is 0 Å². The Bertz CT molecular complexity index is 748. The number of methoxy groups -OCH3 is 1. The first-order chi connectivity index (χ1) is 13.2. The fourth-order valence-electron chi connectivity index (χ4n) is 3.67. The molecule has 0 bridgehead atoms. The van der Waals surface area contributed by atoms with E-state index in [1.807, 2.05) is 46.1 Å². The normalized spacial score (nSPS) is 23.1. The molecule has 2 fully saturated rings. The summed E-state index contributed by atoms with van der Waals surface area (Å²) in [7, 11) is 1.65. The summed E-state index contributed by atoms with van der Waals surface area (Å²) >= 11 is 0. The van der Waals surface area contributed by atoms with Crippen molar-refractivity contribution in [2.75, 3.05) is 33.4 Å². The molecule has 3 heterocycles. The van der Waals surface area contributed by atoms with Crippen LogP contribution in [-0.2, 0) is 20.7 Å². The molecule has 2 aliphatic heterocycles.